The van der Waals surface area contributed by atoms with E-state index < -0.39 is 0 Å². The average molecular weight is 253 g/mol. The molecule has 0 spiro atoms. The summed E-state index contributed by atoms with van der Waals surface area (Å²) in [5.74, 6) is 1.51. The predicted molar refractivity (Wildman–Crippen MR) is 70.4 cm³/mol. The van der Waals surface area contributed by atoms with Crippen molar-refractivity contribution in [3.05, 3.63) is 23.7 Å². The third-order valence-electron chi connectivity index (χ3n) is 2.73. The van der Waals surface area contributed by atoms with Gasteiger partial charge >= 0.3 is 0 Å². The van der Waals surface area contributed by atoms with Crippen molar-refractivity contribution in [2.24, 2.45) is 5.92 Å². The van der Waals surface area contributed by atoms with Crippen LogP contribution in [0, 0.1) is 5.92 Å². The lowest BCUT2D eigenvalue weighted by molar-refractivity contribution is 0.0900. The molecule has 1 unspecified atom stereocenters. The quantitative estimate of drug-likeness (QED) is 0.812. The Kier molecular flexibility index (Phi) is 5.92. The van der Waals surface area contributed by atoms with Gasteiger partial charge < -0.3 is 14.5 Å². The minimum absolute atomic E-state index is 0.159. The van der Waals surface area contributed by atoms with Gasteiger partial charge in [-0.15, -0.1) is 0 Å². The van der Waals surface area contributed by atoms with Crippen LogP contribution in [0.25, 0.3) is 0 Å². The van der Waals surface area contributed by atoms with Crippen molar-refractivity contribution in [2.75, 3.05) is 7.11 Å². The maximum Gasteiger partial charge on any atom is 0.287 e. The van der Waals surface area contributed by atoms with Gasteiger partial charge in [0.15, 0.2) is 5.76 Å². The molecule has 0 aromatic carbocycles. The fourth-order valence-corrected chi connectivity index (χ4v) is 1.67. The summed E-state index contributed by atoms with van der Waals surface area (Å²) in [6, 6.07) is 3.60. The highest BCUT2D eigenvalue weighted by Gasteiger charge is 2.14. The number of carbonyl (C=O) groups is 1. The number of hydrogen-bond acceptors (Lipinski definition) is 3. The van der Waals surface area contributed by atoms with Gasteiger partial charge in [-0.1, -0.05) is 13.8 Å². The van der Waals surface area contributed by atoms with Crippen LogP contribution < -0.4 is 5.32 Å². The molecule has 0 bridgehead atoms. The predicted octanol–water partition coefficient (Wildman–Crippen LogP) is 2.98. The van der Waals surface area contributed by atoms with Gasteiger partial charge in [0.05, 0.1) is 0 Å². The van der Waals surface area contributed by atoms with E-state index in [2.05, 4.69) is 19.2 Å². The number of carbonyl (C=O) groups excluding carboxylic acids is 1. The van der Waals surface area contributed by atoms with Crippen LogP contribution in [-0.4, -0.2) is 19.1 Å². The first-order valence-corrected chi connectivity index (χ1v) is 6.41. The molecule has 1 N–H and O–H groups in total. The van der Waals surface area contributed by atoms with E-state index in [1.165, 1.54) is 0 Å². The summed E-state index contributed by atoms with van der Waals surface area (Å²) in [5.41, 5.74) is 0. The summed E-state index contributed by atoms with van der Waals surface area (Å²) in [4.78, 5) is 11.9. The van der Waals surface area contributed by atoms with Crippen molar-refractivity contribution < 1.29 is 13.9 Å². The van der Waals surface area contributed by atoms with E-state index in [0.29, 0.717) is 24.0 Å². The molecule has 1 aromatic heterocycles. The van der Waals surface area contributed by atoms with Crippen LogP contribution in [0.5, 0.6) is 0 Å². The summed E-state index contributed by atoms with van der Waals surface area (Å²) >= 11 is 0. The van der Waals surface area contributed by atoms with Crippen molar-refractivity contribution >= 4 is 5.91 Å². The lowest BCUT2D eigenvalue weighted by Crippen LogP contribution is -2.32. The molecule has 1 heterocycles. The molecule has 0 aliphatic heterocycles. The van der Waals surface area contributed by atoms with Crippen LogP contribution in [0.2, 0.25) is 0 Å². The molecular weight excluding hydrogens is 230 g/mol. The SMILES string of the molecule is COCc1ccc(C(=O)NC(C)CCC(C)C)o1. The van der Waals surface area contributed by atoms with Gasteiger partial charge in [-0.05, 0) is 37.8 Å². The van der Waals surface area contributed by atoms with Crippen LogP contribution in [0.4, 0.5) is 0 Å². The zero-order chi connectivity index (χ0) is 13.5. The number of nitrogens with one attached hydrogen (secondary N) is 1. The monoisotopic (exact) mass is 253 g/mol. The van der Waals surface area contributed by atoms with Gasteiger partial charge in [-0.25, -0.2) is 0 Å². The smallest absolute Gasteiger partial charge is 0.287 e. The third kappa shape index (κ3) is 4.92. The van der Waals surface area contributed by atoms with Gasteiger partial charge in [0.2, 0.25) is 0 Å². The Balaban J connectivity index is 2.43. The number of methoxy groups -OCH3 is 1. The second kappa shape index (κ2) is 7.21. The van der Waals surface area contributed by atoms with Crippen molar-refractivity contribution in [1.82, 2.24) is 5.32 Å². The molecule has 1 aromatic rings. The second-order valence-electron chi connectivity index (χ2n) is 5.04. The van der Waals surface area contributed by atoms with Crippen molar-refractivity contribution in [1.29, 1.82) is 0 Å². The lowest BCUT2D eigenvalue weighted by atomic mass is 10.0. The molecule has 0 saturated carbocycles. The first-order chi connectivity index (χ1) is 8.52. The fraction of sp³-hybridized carbons (Fsp3) is 0.643. The minimum Gasteiger partial charge on any atom is -0.453 e. The summed E-state index contributed by atoms with van der Waals surface area (Å²) in [5, 5.41) is 2.93. The first kappa shape index (κ1) is 14.8. The second-order valence-corrected chi connectivity index (χ2v) is 5.04. The number of ether oxygens (including phenoxy) is 1. The van der Waals surface area contributed by atoms with Crippen LogP contribution >= 0.6 is 0 Å². The maximum atomic E-state index is 11.9. The standard InChI is InChI=1S/C14H23NO3/c1-10(2)5-6-11(3)15-14(16)13-8-7-12(18-13)9-17-4/h7-8,10-11H,5-6,9H2,1-4H3,(H,15,16). The molecule has 1 rings (SSSR count). The molecule has 1 amide bonds. The van der Waals surface area contributed by atoms with E-state index in [-0.39, 0.29) is 11.9 Å². The number of furan rings is 1. The Labute approximate surface area is 109 Å². The molecule has 0 radical (unpaired) electrons. The first-order valence-electron chi connectivity index (χ1n) is 6.41. The molecule has 4 nitrogen and oxygen atoms in total. The van der Waals surface area contributed by atoms with Gasteiger partial charge in [-0.3, -0.25) is 4.79 Å². The zero-order valence-electron chi connectivity index (χ0n) is 11.7. The third-order valence-corrected chi connectivity index (χ3v) is 2.73. The molecule has 1 atom stereocenters. The summed E-state index contributed by atoms with van der Waals surface area (Å²) < 4.78 is 10.3. The molecule has 0 fully saturated rings. The Bertz CT molecular complexity index is 371. The zero-order valence-corrected chi connectivity index (χ0v) is 11.7. The van der Waals surface area contributed by atoms with Gasteiger partial charge in [-0.2, -0.15) is 0 Å². The van der Waals surface area contributed by atoms with Crippen molar-refractivity contribution in [3.63, 3.8) is 0 Å². The molecule has 4 heteroatoms. The summed E-state index contributed by atoms with van der Waals surface area (Å²) in [7, 11) is 1.59. The van der Waals surface area contributed by atoms with E-state index in [1.807, 2.05) is 6.92 Å². The highest BCUT2D eigenvalue weighted by molar-refractivity contribution is 5.91. The van der Waals surface area contributed by atoms with Gasteiger partial charge in [0, 0.05) is 13.2 Å². The lowest BCUT2D eigenvalue weighted by Gasteiger charge is -2.14. The summed E-state index contributed by atoms with van der Waals surface area (Å²) in [6.45, 7) is 6.76. The molecule has 18 heavy (non-hydrogen) atoms. The van der Waals surface area contributed by atoms with E-state index in [9.17, 15) is 4.79 Å². The Morgan fingerprint density at radius 2 is 2.06 bits per heavy atom. The van der Waals surface area contributed by atoms with E-state index >= 15 is 0 Å². The van der Waals surface area contributed by atoms with Gasteiger partial charge in [0.1, 0.15) is 12.4 Å². The number of rotatable bonds is 7. The topological polar surface area (TPSA) is 51.5 Å². The van der Waals surface area contributed by atoms with Gasteiger partial charge in [0.25, 0.3) is 5.91 Å². The van der Waals surface area contributed by atoms with Crippen LogP contribution in [0.3, 0.4) is 0 Å². The van der Waals surface area contributed by atoms with Crippen LogP contribution in [0.1, 0.15) is 49.9 Å². The van der Waals surface area contributed by atoms with Crippen LogP contribution in [0.15, 0.2) is 16.5 Å². The Hall–Kier alpha value is -1.29. The highest BCUT2D eigenvalue weighted by atomic mass is 16.5. The summed E-state index contributed by atoms with van der Waals surface area (Å²) in [6.07, 6.45) is 2.09. The van der Waals surface area contributed by atoms with E-state index in [1.54, 1.807) is 19.2 Å². The average Bonchev–Trinajstić information content (AvgIpc) is 2.75. The molecule has 0 saturated heterocycles. The van der Waals surface area contributed by atoms with Crippen LogP contribution in [-0.2, 0) is 11.3 Å². The molecule has 0 aliphatic rings. The van der Waals surface area contributed by atoms with E-state index in [0.717, 1.165) is 12.8 Å². The van der Waals surface area contributed by atoms with Crippen molar-refractivity contribution in [2.45, 2.75) is 46.3 Å². The normalized spacial score (nSPS) is 12.7. The minimum atomic E-state index is -0.159. The Morgan fingerprint density at radius 3 is 2.67 bits per heavy atom. The van der Waals surface area contributed by atoms with E-state index in [4.69, 9.17) is 9.15 Å². The number of hydrogen-bond donors (Lipinski definition) is 1. The largest absolute Gasteiger partial charge is 0.453 e. The number of amides is 1. The van der Waals surface area contributed by atoms with Crippen molar-refractivity contribution in [3.8, 4) is 0 Å². The Morgan fingerprint density at radius 1 is 1.33 bits per heavy atom. The fourth-order valence-electron chi connectivity index (χ4n) is 1.67. The maximum absolute atomic E-state index is 11.9. The molecular formula is C14H23NO3. The highest BCUT2D eigenvalue weighted by Crippen LogP contribution is 2.10. The molecule has 102 valence electrons. The molecule has 0 aliphatic carbocycles.